The van der Waals surface area contributed by atoms with Gasteiger partial charge in [0.25, 0.3) is 5.91 Å². The van der Waals surface area contributed by atoms with Crippen molar-refractivity contribution in [1.29, 1.82) is 0 Å². The molecule has 8 nitrogen and oxygen atoms in total. The summed E-state index contributed by atoms with van der Waals surface area (Å²) in [5, 5.41) is 11.5. The fourth-order valence-corrected chi connectivity index (χ4v) is 6.09. The number of anilines is 1. The summed E-state index contributed by atoms with van der Waals surface area (Å²) in [4.78, 5) is 33.4. The summed E-state index contributed by atoms with van der Waals surface area (Å²) in [6.45, 7) is 3.95. The third-order valence-electron chi connectivity index (χ3n) is 6.73. The number of hydrogen-bond acceptors (Lipinski definition) is 8. The number of nitrogens with zero attached hydrogens (tertiary/aromatic N) is 2. The minimum atomic E-state index is -1.00. The molecule has 4 aromatic rings. The lowest BCUT2D eigenvalue weighted by molar-refractivity contribution is -0.117. The molecule has 0 radical (unpaired) electrons. The number of benzene rings is 3. The van der Waals surface area contributed by atoms with Crippen LogP contribution < -0.4 is 19.1 Å². The van der Waals surface area contributed by atoms with Gasteiger partial charge in [-0.05, 0) is 60.4 Å². The van der Waals surface area contributed by atoms with Crippen molar-refractivity contribution in [1.82, 2.24) is 4.98 Å². The number of hydrogen-bond donors (Lipinski definition) is 1. The number of ketones is 1. The van der Waals surface area contributed by atoms with Gasteiger partial charge in [-0.15, -0.1) is 0 Å². The number of aromatic nitrogens is 1. The quantitative estimate of drug-likeness (QED) is 0.261. The van der Waals surface area contributed by atoms with Gasteiger partial charge in [-0.25, -0.2) is 4.98 Å². The van der Waals surface area contributed by atoms with Crippen LogP contribution in [0.3, 0.4) is 0 Å². The molecule has 9 heteroatoms. The summed E-state index contributed by atoms with van der Waals surface area (Å²) in [5.41, 5.74) is 4.00. The van der Waals surface area contributed by atoms with E-state index in [-0.39, 0.29) is 5.57 Å². The standard InChI is InChI=1S/C31H28N2O6S/c1-17-13-18(2)26-24(14-17)40-31(32-26)33-27(20-15-22(37-3)29(39-5)23(16-20)38-4)25(28(35)30(33)36)21(34)12-11-19-9-7-6-8-10-19/h6-16,27,35H,1-5H3/b12-11+. The Morgan fingerprint density at radius 3 is 2.30 bits per heavy atom. The Labute approximate surface area is 235 Å². The highest BCUT2D eigenvalue weighted by molar-refractivity contribution is 7.22. The highest BCUT2D eigenvalue weighted by atomic mass is 32.1. The predicted octanol–water partition coefficient (Wildman–Crippen LogP) is 6.12. The van der Waals surface area contributed by atoms with Crippen molar-refractivity contribution in [3.05, 3.63) is 94.3 Å². The van der Waals surface area contributed by atoms with Gasteiger partial charge in [0.2, 0.25) is 5.75 Å². The number of thiazole rings is 1. The molecule has 1 unspecified atom stereocenters. The number of methoxy groups -OCH3 is 3. The van der Waals surface area contributed by atoms with Gasteiger partial charge in [-0.1, -0.05) is 53.8 Å². The van der Waals surface area contributed by atoms with Crippen molar-refractivity contribution in [2.24, 2.45) is 0 Å². The van der Waals surface area contributed by atoms with E-state index in [9.17, 15) is 14.7 Å². The zero-order chi connectivity index (χ0) is 28.6. The van der Waals surface area contributed by atoms with Gasteiger partial charge < -0.3 is 19.3 Å². The molecule has 1 N–H and O–H groups in total. The van der Waals surface area contributed by atoms with Crippen molar-refractivity contribution in [2.45, 2.75) is 19.9 Å². The van der Waals surface area contributed by atoms with Crippen LogP contribution >= 0.6 is 11.3 Å². The minimum absolute atomic E-state index is 0.0707. The van der Waals surface area contributed by atoms with Gasteiger partial charge >= 0.3 is 0 Å². The van der Waals surface area contributed by atoms with E-state index in [0.717, 1.165) is 26.9 Å². The average Bonchev–Trinajstić information content (AvgIpc) is 3.49. The number of rotatable bonds is 8. The molecule has 1 aromatic heterocycles. The molecular formula is C31H28N2O6S. The molecule has 204 valence electrons. The number of fused-ring (bicyclic) bond motifs is 1. The summed E-state index contributed by atoms with van der Waals surface area (Å²) in [7, 11) is 4.46. The maximum Gasteiger partial charge on any atom is 0.296 e. The molecule has 0 saturated carbocycles. The summed E-state index contributed by atoms with van der Waals surface area (Å²) in [5.74, 6) is -0.807. The van der Waals surface area contributed by atoms with Crippen LogP contribution in [0.5, 0.6) is 17.2 Å². The van der Waals surface area contributed by atoms with Gasteiger partial charge in [0.1, 0.15) is 0 Å². The van der Waals surface area contributed by atoms with Crippen LogP contribution in [0.15, 0.2) is 72.0 Å². The van der Waals surface area contributed by atoms with E-state index >= 15 is 0 Å². The number of carbonyl (C=O) groups excluding carboxylic acids is 2. The zero-order valence-electron chi connectivity index (χ0n) is 22.7. The first kappa shape index (κ1) is 27.0. The maximum absolute atomic E-state index is 13.7. The number of ether oxygens (including phenoxy) is 3. The summed E-state index contributed by atoms with van der Waals surface area (Å²) in [6, 6.07) is 15.7. The van der Waals surface area contributed by atoms with Crippen molar-refractivity contribution in [3.8, 4) is 17.2 Å². The Kier molecular flexibility index (Phi) is 7.32. The monoisotopic (exact) mass is 556 g/mol. The highest BCUT2D eigenvalue weighted by Crippen LogP contribution is 2.48. The van der Waals surface area contributed by atoms with Gasteiger partial charge in [0.15, 0.2) is 28.2 Å². The molecular weight excluding hydrogens is 528 g/mol. The third-order valence-corrected chi connectivity index (χ3v) is 7.73. The summed E-state index contributed by atoms with van der Waals surface area (Å²) < 4.78 is 17.5. The maximum atomic E-state index is 13.7. The van der Waals surface area contributed by atoms with Gasteiger partial charge in [0.05, 0.1) is 43.2 Å². The molecule has 2 heterocycles. The fraction of sp³-hybridized carbons (Fsp3) is 0.194. The van der Waals surface area contributed by atoms with E-state index in [1.807, 2.05) is 56.3 Å². The molecule has 0 saturated heterocycles. The smallest absolute Gasteiger partial charge is 0.296 e. The Morgan fingerprint density at radius 2 is 1.68 bits per heavy atom. The molecule has 0 bridgehead atoms. The van der Waals surface area contributed by atoms with Crippen LogP contribution in [0.25, 0.3) is 16.3 Å². The number of amides is 1. The van der Waals surface area contributed by atoms with Crippen LogP contribution in [-0.2, 0) is 9.59 Å². The van der Waals surface area contributed by atoms with Gasteiger partial charge in [0, 0.05) is 0 Å². The topological polar surface area (TPSA) is 98.2 Å². The number of allylic oxidation sites excluding steroid dienone is 1. The van der Waals surface area contributed by atoms with E-state index < -0.39 is 23.5 Å². The first-order chi connectivity index (χ1) is 19.3. The Morgan fingerprint density at radius 1 is 1.00 bits per heavy atom. The Hall–Kier alpha value is -4.63. The lowest BCUT2D eigenvalue weighted by Gasteiger charge is -2.25. The molecule has 3 aromatic carbocycles. The molecule has 1 atom stereocenters. The van der Waals surface area contributed by atoms with E-state index in [0.29, 0.717) is 27.9 Å². The average molecular weight is 557 g/mol. The predicted molar refractivity (Wildman–Crippen MR) is 156 cm³/mol. The number of aliphatic hydroxyl groups excluding tert-OH is 1. The zero-order valence-corrected chi connectivity index (χ0v) is 23.5. The van der Waals surface area contributed by atoms with Gasteiger partial charge in [-0.3, -0.25) is 14.5 Å². The largest absolute Gasteiger partial charge is 0.503 e. The Balaban J connectivity index is 1.69. The first-order valence-corrected chi connectivity index (χ1v) is 13.3. The van der Waals surface area contributed by atoms with E-state index in [2.05, 4.69) is 0 Å². The van der Waals surface area contributed by atoms with Crippen LogP contribution in [0, 0.1) is 13.8 Å². The van der Waals surface area contributed by atoms with E-state index in [1.54, 1.807) is 18.2 Å². The Bertz CT molecular complexity index is 1660. The van der Waals surface area contributed by atoms with Crippen LogP contribution in [0.4, 0.5) is 5.13 Å². The molecule has 0 fully saturated rings. The molecule has 0 aliphatic carbocycles. The van der Waals surface area contributed by atoms with E-state index in [1.165, 1.54) is 43.6 Å². The lowest BCUT2D eigenvalue weighted by atomic mass is 9.95. The SMILES string of the molecule is COc1cc(C2C(C(=O)/C=C/c3ccccc3)=C(O)C(=O)N2c2nc3c(C)cc(C)cc3s2)cc(OC)c1OC. The number of aryl methyl sites for hydroxylation is 2. The minimum Gasteiger partial charge on any atom is -0.503 e. The number of aliphatic hydroxyl groups is 1. The van der Waals surface area contributed by atoms with Crippen molar-refractivity contribution >= 4 is 44.5 Å². The molecule has 1 aliphatic heterocycles. The molecule has 1 aliphatic rings. The lowest BCUT2D eigenvalue weighted by Crippen LogP contribution is -2.30. The van der Waals surface area contributed by atoms with Crippen LogP contribution in [0.1, 0.15) is 28.3 Å². The van der Waals surface area contributed by atoms with Crippen molar-refractivity contribution < 1.29 is 28.9 Å². The molecule has 0 spiro atoms. The normalized spacial score (nSPS) is 15.4. The molecule has 5 rings (SSSR count). The van der Waals surface area contributed by atoms with E-state index in [4.69, 9.17) is 19.2 Å². The molecule has 40 heavy (non-hydrogen) atoms. The van der Waals surface area contributed by atoms with Crippen molar-refractivity contribution in [2.75, 3.05) is 26.2 Å². The summed E-state index contributed by atoms with van der Waals surface area (Å²) in [6.07, 6.45) is 3.00. The van der Waals surface area contributed by atoms with Gasteiger partial charge in [-0.2, -0.15) is 0 Å². The second-order valence-electron chi connectivity index (χ2n) is 9.33. The van der Waals surface area contributed by atoms with Crippen LogP contribution in [0.2, 0.25) is 0 Å². The third kappa shape index (κ3) is 4.69. The number of carbonyl (C=O) groups is 2. The second kappa shape index (κ2) is 10.9. The first-order valence-electron chi connectivity index (χ1n) is 12.5. The summed E-state index contributed by atoms with van der Waals surface area (Å²) >= 11 is 1.32. The van der Waals surface area contributed by atoms with Crippen molar-refractivity contribution in [3.63, 3.8) is 0 Å². The highest BCUT2D eigenvalue weighted by Gasteiger charge is 2.45. The van der Waals surface area contributed by atoms with Crippen LogP contribution in [-0.4, -0.2) is 43.1 Å². The fourth-order valence-electron chi connectivity index (χ4n) is 4.92. The molecule has 1 amide bonds. The second-order valence-corrected chi connectivity index (χ2v) is 10.3.